The van der Waals surface area contributed by atoms with Crippen LogP contribution in [0, 0.1) is 0 Å². The molecule has 3 nitrogen and oxygen atoms in total. The predicted molar refractivity (Wildman–Crippen MR) is 65.8 cm³/mol. The number of Topliss-reactive ketones (excluding diaryl/α,β-unsaturated/α-hetero) is 1. The van der Waals surface area contributed by atoms with E-state index < -0.39 is 0 Å². The van der Waals surface area contributed by atoms with E-state index in [-0.39, 0.29) is 5.78 Å². The zero-order valence-corrected chi connectivity index (χ0v) is 9.91. The van der Waals surface area contributed by atoms with E-state index in [1.165, 1.54) is 12.5 Å². The third kappa shape index (κ3) is 3.42. The van der Waals surface area contributed by atoms with E-state index >= 15 is 0 Å². The standard InChI is InChI=1S/C13H17NO2/c1-9(2)6-7-16-13-5-4-11(14)8-12(13)10(3)15/h4-6,8H,7,14H2,1-3H3. The van der Waals surface area contributed by atoms with Crippen LogP contribution in [0.1, 0.15) is 31.1 Å². The van der Waals surface area contributed by atoms with Gasteiger partial charge in [0.15, 0.2) is 5.78 Å². The monoisotopic (exact) mass is 219 g/mol. The first-order valence-corrected chi connectivity index (χ1v) is 5.17. The van der Waals surface area contributed by atoms with Crippen molar-refractivity contribution < 1.29 is 9.53 Å². The maximum Gasteiger partial charge on any atom is 0.163 e. The highest BCUT2D eigenvalue weighted by molar-refractivity contribution is 5.97. The fraction of sp³-hybridized carbons (Fsp3) is 0.308. The molecule has 0 spiro atoms. The van der Waals surface area contributed by atoms with Gasteiger partial charge in [-0.3, -0.25) is 4.79 Å². The van der Waals surface area contributed by atoms with Crippen LogP contribution in [0.3, 0.4) is 0 Å². The van der Waals surface area contributed by atoms with Gasteiger partial charge in [-0.05, 0) is 45.0 Å². The third-order valence-electron chi connectivity index (χ3n) is 2.11. The fourth-order valence-corrected chi connectivity index (χ4v) is 1.25. The third-order valence-corrected chi connectivity index (χ3v) is 2.11. The number of anilines is 1. The Morgan fingerprint density at radius 3 is 2.62 bits per heavy atom. The summed E-state index contributed by atoms with van der Waals surface area (Å²) in [5, 5.41) is 0. The predicted octanol–water partition coefficient (Wildman–Crippen LogP) is 2.82. The van der Waals surface area contributed by atoms with Crippen molar-refractivity contribution >= 4 is 11.5 Å². The van der Waals surface area contributed by atoms with E-state index in [9.17, 15) is 4.79 Å². The van der Waals surface area contributed by atoms with E-state index in [1.54, 1.807) is 18.2 Å². The summed E-state index contributed by atoms with van der Waals surface area (Å²) in [7, 11) is 0. The Bertz CT molecular complexity index is 418. The summed E-state index contributed by atoms with van der Waals surface area (Å²) in [5.41, 5.74) is 7.90. The first kappa shape index (κ1) is 12.3. The van der Waals surface area contributed by atoms with Crippen molar-refractivity contribution in [3.63, 3.8) is 0 Å². The number of hydrogen-bond donors (Lipinski definition) is 1. The van der Waals surface area contributed by atoms with Gasteiger partial charge in [0.2, 0.25) is 0 Å². The van der Waals surface area contributed by atoms with Gasteiger partial charge in [0.25, 0.3) is 0 Å². The average molecular weight is 219 g/mol. The van der Waals surface area contributed by atoms with Gasteiger partial charge >= 0.3 is 0 Å². The lowest BCUT2D eigenvalue weighted by Crippen LogP contribution is -2.02. The smallest absolute Gasteiger partial charge is 0.163 e. The highest BCUT2D eigenvalue weighted by Gasteiger charge is 2.08. The van der Waals surface area contributed by atoms with Gasteiger partial charge in [0.1, 0.15) is 12.4 Å². The molecule has 1 aromatic rings. The lowest BCUT2D eigenvalue weighted by Gasteiger charge is -2.08. The molecule has 0 amide bonds. The van der Waals surface area contributed by atoms with Gasteiger partial charge in [-0.1, -0.05) is 5.57 Å². The Kier molecular flexibility index (Phi) is 4.11. The number of nitrogens with two attached hydrogens (primary N) is 1. The van der Waals surface area contributed by atoms with Gasteiger partial charge in [0.05, 0.1) is 5.56 Å². The lowest BCUT2D eigenvalue weighted by atomic mass is 10.1. The van der Waals surface area contributed by atoms with Crippen LogP contribution in [0.5, 0.6) is 5.75 Å². The molecule has 0 saturated heterocycles. The number of carbonyl (C=O) groups excluding carboxylic acids is 1. The number of carbonyl (C=O) groups is 1. The van der Waals surface area contributed by atoms with Crippen molar-refractivity contribution in [3.05, 3.63) is 35.4 Å². The highest BCUT2D eigenvalue weighted by atomic mass is 16.5. The summed E-state index contributed by atoms with van der Waals surface area (Å²) in [6.07, 6.45) is 1.96. The summed E-state index contributed by atoms with van der Waals surface area (Å²) in [6.45, 7) is 5.96. The van der Waals surface area contributed by atoms with Crippen LogP contribution in [0.15, 0.2) is 29.8 Å². The Hall–Kier alpha value is -1.77. The van der Waals surface area contributed by atoms with Crippen LogP contribution in [-0.2, 0) is 0 Å². The molecule has 86 valence electrons. The molecule has 0 bridgehead atoms. The number of rotatable bonds is 4. The Morgan fingerprint density at radius 1 is 1.38 bits per heavy atom. The molecule has 1 rings (SSSR count). The van der Waals surface area contributed by atoms with Crippen molar-refractivity contribution in [2.75, 3.05) is 12.3 Å². The van der Waals surface area contributed by atoms with Gasteiger partial charge < -0.3 is 10.5 Å². The molecule has 3 heteroatoms. The zero-order valence-electron chi connectivity index (χ0n) is 9.91. The summed E-state index contributed by atoms with van der Waals surface area (Å²) < 4.78 is 5.51. The molecule has 0 fully saturated rings. The number of benzene rings is 1. The SMILES string of the molecule is CC(=O)c1cc(N)ccc1OCC=C(C)C. The Labute approximate surface area is 95.9 Å². The molecule has 1 aromatic carbocycles. The number of allylic oxidation sites excluding steroid dienone is 1. The van der Waals surface area contributed by atoms with Crippen molar-refractivity contribution in [1.82, 2.24) is 0 Å². The molecule has 0 radical (unpaired) electrons. The normalized spacial score (nSPS) is 9.69. The van der Waals surface area contributed by atoms with E-state index in [4.69, 9.17) is 10.5 Å². The highest BCUT2D eigenvalue weighted by Crippen LogP contribution is 2.21. The molecular weight excluding hydrogens is 202 g/mol. The Balaban J connectivity index is 2.87. The molecule has 0 atom stereocenters. The van der Waals surface area contributed by atoms with E-state index in [0.717, 1.165) is 0 Å². The molecule has 0 aromatic heterocycles. The number of ether oxygens (including phenoxy) is 1. The first-order chi connectivity index (χ1) is 7.50. The van der Waals surface area contributed by atoms with Crippen LogP contribution >= 0.6 is 0 Å². The lowest BCUT2D eigenvalue weighted by molar-refractivity contribution is 0.101. The minimum absolute atomic E-state index is 0.0421. The van der Waals surface area contributed by atoms with Crippen molar-refractivity contribution in [2.24, 2.45) is 0 Å². The number of hydrogen-bond acceptors (Lipinski definition) is 3. The van der Waals surface area contributed by atoms with Crippen LogP contribution in [0.25, 0.3) is 0 Å². The zero-order chi connectivity index (χ0) is 12.1. The van der Waals surface area contributed by atoms with E-state index in [0.29, 0.717) is 23.6 Å². The largest absolute Gasteiger partial charge is 0.489 e. The second-order valence-electron chi connectivity index (χ2n) is 3.90. The summed E-state index contributed by atoms with van der Waals surface area (Å²) in [4.78, 5) is 11.4. The van der Waals surface area contributed by atoms with Crippen LogP contribution in [0.4, 0.5) is 5.69 Å². The van der Waals surface area contributed by atoms with Crippen LogP contribution in [-0.4, -0.2) is 12.4 Å². The molecule has 0 heterocycles. The van der Waals surface area contributed by atoms with Crippen LogP contribution < -0.4 is 10.5 Å². The van der Waals surface area contributed by atoms with E-state index in [1.807, 2.05) is 19.9 Å². The van der Waals surface area contributed by atoms with Gasteiger partial charge in [0, 0.05) is 5.69 Å². The molecule has 0 saturated carbocycles. The maximum absolute atomic E-state index is 11.4. The van der Waals surface area contributed by atoms with Gasteiger partial charge in [-0.2, -0.15) is 0 Å². The second-order valence-corrected chi connectivity index (χ2v) is 3.90. The van der Waals surface area contributed by atoms with Gasteiger partial charge in [-0.15, -0.1) is 0 Å². The topological polar surface area (TPSA) is 52.3 Å². The molecular formula is C13H17NO2. The molecule has 0 aliphatic rings. The molecule has 0 aliphatic heterocycles. The van der Waals surface area contributed by atoms with Crippen molar-refractivity contribution in [1.29, 1.82) is 0 Å². The minimum Gasteiger partial charge on any atom is -0.489 e. The summed E-state index contributed by atoms with van der Waals surface area (Å²) in [6, 6.07) is 5.09. The molecule has 2 N–H and O–H groups in total. The van der Waals surface area contributed by atoms with Crippen LogP contribution in [0.2, 0.25) is 0 Å². The van der Waals surface area contributed by atoms with Gasteiger partial charge in [-0.25, -0.2) is 0 Å². The molecule has 16 heavy (non-hydrogen) atoms. The Morgan fingerprint density at radius 2 is 2.06 bits per heavy atom. The molecule has 0 unspecified atom stereocenters. The fourth-order valence-electron chi connectivity index (χ4n) is 1.25. The number of ketones is 1. The average Bonchev–Trinajstić information content (AvgIpc) is 2.19. The van der Waals surface area contributed by atoms with Crippen molar-refractivity contribution in [3.8, 4) is 5.75 Å². The van der Waals surface area contributed by atoms with E-state index in [2.05, 4.69) is 0 Å². The first-order valence-electron chi connectivity index (χ1n) is 5.17. The second kappa shape index (κ2) is 5.35. The maximum atomic E-state index is 11.4. The summed E-state index contributed by atoms with van der Waals surface area (Å²) in [5.74, 6) is 0.540. The quantitative estimate of drug-likeness (QED) is 0.481. The number of nitrogen functional groups attached to an aromatic ring is 1. The van der Waals surface area contributed by atoms with Crippen molar-refractivity contribution in [2.45, 2.75) is 20.8 Å². The minimum atomic E-state index is -0.0421. The summed E-state index contributed by atoms with van der Waals surface area (Å²) >= 11 is 0. The molecule has 0 aliphatic carbocycles.